The highest BCUT2D eigenvalue weighted by atomic mass is 32.1. The first-order chi connectivity index (χ1) is 7.70. The first-order valence-electron chi connectivity index (χ1n) is 6.02. The Kier molecular flexibility index (Phi) is 10.4. The Labute approximate surface area is 104 Å². The van der Waals surface area contributed by atoms with Crippen molar-refractivity contribution in [2.24, 2.45) is 0 Å². The molecule has 0 saturated heterocycles. The lowest BCUT2D eigenvalue weighted by Gasteiger charge is -2.06. The second kappa shape index (κ2) is 10.9. The third-order valence-electron chi connectivity index (χ3n) is 2.06. The van der Waals surface area contributed by atoms with Gasteiger partial charge in [0.15, 0.2) is 5.05 Å². The summed E-state index contributed by atoms with van der Waals surface area (Å²) in [5.41, 5.74) is 0. The van der Waals surface area contributed by atoms with Gasteiger partial charge in [-0.25, -0.2) is 0 Å². The smallest absolute Gasteiger partial charge is 0.306 e. The molecule has 0 atom stereocenters. The fourth-order valence-corrected chi connectivity index (χ4v) is 1.19. The molecule has 3 nitrogen and oxygen atoms in total. The second-order valence-electron chi connectivity index (χ2n) is 3.65. The highest BCUT2D eigenvalue weighted by Crippen LogP contribution is 2.00. The van der Waals surface area contributed by atoms with E-state index in [4.69, 9.17) is 21.7 Å². The molecule has 0 aromatic rings. The monoisotopic (exact) mass is 246 g/mol. The molecule has 0 rings (SSSR count). The van der Waals surface area contributed by atoms with Crippen molar-refractivity contribution >= 4 is 23.2 Å². The van der Waals surface area contributed by atoms with Gasteiger partial charge in [-0.1, -0.05) is 26.7 Å². The molecule has 0 amide bonds. The normalized spacial score (nSPS) is 9.88. The number of unbranched alkanes of at least 4 members (excludes halogenated alkanes) is 2. The van der Waals surface area contributed by atoms with Gasteiger partial charge < -0.3 is 9.47 Å². The van der Waals surface area contributed by atoms with Crippen molar-refractivity contribution in [2.75, 3.05) is 13.2 Å². The molecule has 0 aromatic carbocycles. The topological polar surface area (TPSA) is 35.5 Å². The number of hydrogen-bond acceptors (Lipinski definition) is 4. The molecule has 0 aliphatic rings. The third-order valence-corrected chi connectivity index (χ3v) is 2.38. The van der Waals surface area contributed by atoms with Crippen LogP contribution in [0.4, 0.5) is 0 Å². The molecule has 0 unspecified atom stereocenters. The van der Waals surface area contributed by atoms with Crippen LogP contribution in [-0.4, -0.2) is 24.2 Å². The number of thiocarbonyl (C=S) groups is 1. The highest BCUT2D eigenvalue weighted by molar-refractivity contribution is 7.80. The summed E-state index contributed by atoms with van der Waals surface area (Å²) in [4.78, 5) is 11.2. The van der Waals surface area contributed by atoms with Gasteiger partial charge in [0.2, 0.25) is 0 Å². The summed E-state index contributed by atoms with van der Waals surface area (Å²) in [7, 11) is 0. The number of ether oxygens (including phenoxy) is 2. The van der Waals surface area contributed by atoms with Crippen LogP contribution < -0.4 is 0 Å². The van der Waals surface area contributed by atoms with E-state index in [1.54, 1.807) is 0 Å². The van der Waals surface area contributed by atoms with E-state index in [0.29, 0.717) is 31.1 Å². The fraction of sp³-hybridized carbons (Fsp3) is 0.833. The maximum Gasteiger partial charge on any atom is 0.306 e. The molecule has 0 N–H and O–H groups in total. The Morgan fingerprint density at radius 1 is 1.00 bits per heavy atom. The van der Waals surface area contributed by atoms with Gasteiger partial charge in [-0.15, -0.1) is 0 Å². The van der Waals surface area contributed by atoms with E-state index in [9.17, 15) is 4.79 Å². The molecule has 94 valence electrons. The molecule has 0 aliphatic carbocycles. The summed E-state index contributed by atoms with van der Waals surface area (Å²) in [5, 5.41) is 0.515. The van der Waals surface area contributed by atoms with Crippen LogP contribution in [0.3, 0.4) is 0 Å². The molecule has 0 heterocycles. The van der Waals surface area contributed by atoms with Gasteiger partial charge >= 0.3 is 5.97 Å². The van der Waals surface area contributed by atoms with Crippen molar-refractivity contribution in [3.05, 3.63) is 0 Å². The van der Waals surface area contributed by atoms with Crippen LogP contribution in [0.5, 0.6) is 0 Å². The van der Waals surface area contributed by atoms with Crippen molar-refractivity contribution in [2.45, 2.75) is 52.4 Å². The zero-order valence-corrected chi connectivity index (χ0v) is 11.1. The number of carbonyl (C=O) groups excluding carboxylic acids is 1. The van der Waals surface area contributed by atoms with E-state index in [-0.39, 0.29) is 5.97 Å². The van der Waals surface area contributed by atoms with E-state index in [1.165, 1.54) is 0 Å². The summed E-state index contributed by atoms with van der Waals surface area (Å²) >= 11 is 4.99. The molecule has 0 saturated carbocycles. The molecular weight excluding hydrogens is 224 g/mol. The predicted octanol–water partition coefficient (Wildman–Crippen LogP) is 3.25. The largest absolute Gasteiger partial charge is 0.487 e. The van der Waals surface area contributed by atoms with E-state index < -0.39 is 0 Å². The van der Waals surface area contributed by atoms with Crippen molar-refractivity contribution in [1.82, 2.24) is 0 Å². The molecule has 4 heteroatoms. The average molecular weight is 246 g/mol. The van der Waals surface area contributed by atoms with Gasteiger partial charge in [0.1, 0.15) is 0 Å². The van der Waals surface area contributed by atoms with Crippen LogP contribution in [0.2, 0.25) is 0 Å². The summed E-state index contributed by atoms with van der Waals surface area (Å²) in [6.45, 7) is 5.32. The van der Waals surface area contributed by atoms with Crippen molar-refractivity contribution in [3.63, 3.8) is 0 Å². The average Bonchev–Trinajstić information content (AvgIpc) is 2.27. The Morgan fingerprint density at radius 3 is 2.12 bits per heavy atom. The standard InChI is InChI=1S/C12H22O3S/c1-3-5-9-14-11(13)7-8-12(16)15-10-6-4-2/h3-10H2,1-2H3. The van der Waals surface area contributed by atoms with Crippen LogP contribution in [0, 0.1) is 0 Å². The molecular formula is C12H22O3S. The van der Waals surface area contributed by atoms with E-state index in [2.05, 4.69) is 13.8 Å². The molecule has 0 spiro atoms. The molecule has 16 heavy (non-hydrogen) atoms. The first-order valence-corrected chi connectivity index (χ1v) is 6.42. The minimum absolute atomic E-state index is 0.185. The quantitative estimate of drug-likeness (QED) is 0.355. The summed E-state index contributed by atoms with van der Waals surface area (Å²) < 4.78 is 10.3. The van der Waals surface area contributed by atoms with E-state index in [1.807, 2.05) is 0 Å². The van der Waals surface area contributed by atoms with Gasteiger partial charge in [0, 0.05) is 6.42 Å². The Morgan fingerprint density at radius 2 is 1.56 bits per heavy atom. The highest BCUT2D eigenvalue weighted by Gasteiger charge is 2.05. The van der Waals surface area contributed by atoms with Crippen LogP contribution in [0.25, 0.3) is 0 Å². The van der Waals surface area contributed by atoms with E-state index in [0.717, 1.165) is 25.7 Å². The number of rotatable bonds is 9. The maximum atomic E-state index is 11.2. The second-order valence-corrected chi connectivity index (χ2v) is 4.10. The Hall–Kier alpha value is -0.640. The van der Waals surface area contributed by atoms with Gasteiger partial charge in [0.05, 0.1) is 19.6 Å². The summed E-state index contributed by atoms with van der Waals surface area (Å²) in [6.07, 6.45) is 4.86. The zero-order chi connectivity index (χ0) is 12.2. The molecule has 0 bridgehead atoms. The molecule has 0 aromatic heterocycles. The summed E-state index contributed by atoms with van der Waals surface area (Å²) in [5.74, 6) is -0.185. The third kappa shape index (κ3) is 9.90. The van der Waals surface area contributed by atoms with Crippen LogP contribution in [-0.2, 0) is 14.3 Å². The minimum Gasteiger partial charge on any atom is -0.487 e. The molecule has 0 aliphatic heterocycles. The number of esters is 1. The molecule has 0 fully saturated rings. The predicted molar refractivity (Wildman–Crippen MR) is 68.6 cm³/mol. The number of hydrogen-bond donors (Lipinski definition) is 0. The lowest BCUT2D eigenvalue weighted by Crippen LogP contribution is -2.10. The maximum absolute atomic E-state index is 11.2. The minimum atomic E-state index is -0.185. The zero-order valence-electron chi connectivity index (χ0n) is 10.3. The first kappa shape index (κ1) is 15.4. The van der Waals surface area contributed by atoms with Gasteiger partial charge in [-0.05, 0) is 25.1 Å². The van der Waals surface area contributed by atoms with Crippen LogP contribution in [0.15, 0.2) is 0 Å². The van der Waals surface area contributed by atoms with Gasteiger partial charge in [0.25, 0.3) is 0 Å². The molecule has 0 radical (unpaired) electrons. The van der Waals surface area contributed by atoms with Gasteiger partial charge in [-0.3, -0.25) is 4.79 Å². The van der Waals surface area contributed by atoms with Crippen LogP contribution in [0.1, 0.15) is 52.4 Å². The van der Waals surface area contributed by atoms with Crippen molar-refractivity contribution in [3.8, 4) is 0 Å². The Bertz CT molecular complexity index is 182. The number of carbonyl (C=O) groups is 1. The van der Waals surface area contributed by atoms with Crippen LogP contribution >= 0.6 is 12.2 Å². The lowest BCUT2D eigenvalue weighted by atomic mass is 10.3. The van der Waals surface area contributed by atoms with Crippen molar-refractivity contribution in [1.29, 1.82) is 0 Å². The SMILES string of the molecule is CCCCOC(=O)CCC(=S)OCCCC. The Balaban J connectivity index is 3.40. The van der Waals surface area contributed by atoms with E-state index >= 15 is 0 Å². The van der Waals surface area contributed by atoms with Gasteiger partial charge in [-0.2, -0.15) is 0 Å². The fourth-order valence-electron chi connectivity index (χ4n) is 1.01. The lowest BCUT2D eigenvalue weighted by molar-refractivity contribution is -0.143. The van der Waals surface area contributed by atoms with Crippen molar-refractivity contribution < 1.29 is 14.3 Å². The summed E-state index contributed by atoms with van der Waals surface area (Å²) in [6, 6.07) is 0.